The van der Waals surface area contributed by atoms with Crippen LogP contribution in [0.15, 0.2) is 35.7 Å². The first-order chi connectivity index (χ1) is 9.97. The molecule has 2 rings (SSSR count). The topological polar surface area (TPSA) is 55.4 Å². The first-order valence-electron chi connectivity index (χ1n) is 6.60. The van der Waals surface area contributed by atoms with E-state index < -0.39 is 12.1 Å². The Morgan fingerprint density at radius 1 is 1.24 bits per heavy atom. The van der Waals surface area contributed by atoms with E-state index in [4.69, 9.17) is 4.74 Å². The molecule has 0 spiro atoms. The molecule has 0 saturated carbocycles. The molecule has 0 fully saturated rings. The van der Waals surface area contributed by atoms with Gasteiger partial charge in [-0.25, -0.2) is 4.79 Å². The zero-order valence-electron chi connectivity index (χ0n) is 12.2. The molecule has 1 aromatic carbocycles. The van der Waals surface area contributed by atoms with Gasteiger partial charge in [0.2, 0.25) is 0 Å². The van der Waals surface area contributed by atoms with E-state index in [1.54, 1.807) is 13.0 Å². The molecule has 4 nitrogen and oxygen atoms in total. The van der Waals surface area contributed by atoms with Gasteiger partial charge in [-0.05, 0) is 55.5 Å². The summed E-state index contributed by atoms with van der Waals surface area (Å²) in [6.07, 6.45) is -0.848. The summed E-state index contributed by atoms with van der Waals surface area (Å²) in [4.78, 5) is 24.5. The number of thiophene rings is 1. The highest BCUT2D eigenvalue weighted by molar-refractivity contribution is 7.12. The quantitative estimate of drug-likeness (QED) is 0.879. The van der Waals surface area contributed by atoms with Crippen molar-refractivity contribution in [1.29, 1.82) is 0 Å². The third-order valence-electron chi connectivity index (χ3n) is 2.99. The average Bonchev–Trinajstić information content (AvgIpc) is 2.85. The Kier molecular flexibility index (Phi) is 4.75. The lowest BCUT2D eigenvalue weighted by Crippen LogP contribution is -2.29. The molecule has 1 amide bonds. The number of nitrogens with one attached hydrogen (secondary N) is 1. The van der Waals surface area contributed by atoms with E-state index in [1.807, 2.05) is 43.5 Å². The summed E-state index contributed by atoms with van der Waals surface area (Å²) in [6.45, 7) is 5.34. The van der Waals surface area contributed by atoms with Gasteiger partial charge in [0.25, 0.3) is 5.91 Å². The highest BCUT2D eigenvalue weighted by Crippen LogP contribution is 2.18. The van der Waals surface area contributed by atoms with Crippen molar-refractivity contribution in [3.8, 4) is 0 Å². The fourth-order valence-electron chi connectivity index (χ4n) is 1.82. The summed E-state index contributed by atoms with van der Waals surface area (Å²) in [5, 5.41) is 4.56. The van der Waals surface area contributed by atoms with Crippen LogP contribution >= 0.6 is 11.3 Å². The van der Waals surface area contributed by atoms with Crippen molar-refractivity contribution in [2.75, 3.05) is 5.32 Å². The zero-order chi connectivity index (χ0) is 15.4. The molecule has 0 aliphatic rings. The van der Waals surface area contributed by atoms with Crippen LogP contribution in [0.25, 0.3) is 0 Å². The van der Waals surface area contributed by atoms with Gasteiger partial charge in [-0.3, -0.25) is 4.79 Å². The molecule has 5 heteroatoms. The lowest BCUT2D eigenvalue weighted by molar-refractivity contribution is -0.123. The van der Waals surface area contributed by atoms with Gasteiger partial charge in [-0.1, -0.05) is 12.1 Å². The lowest BCUT2D eigenvalue weighted by atomic mass is 10.2. The van der Waals surface area contributed by atoms with E-state index in [1.165, 1.54) is 11.3 Å². The Balaban J connectivity index is 1.97. The summed E-state index contributed by atoms with van der Waals surface area (Å²) in [7, 11) is 0. The summed E-state index contributed by atoms with van der Waals surface area (Å²) >= 11 is 1.31. The fourth-order valence-corrected chi connectivity index (χ4v) is 2.62. The Hall–Kier alpha value is -2.14. The second kappa shape index (κ2) is 6.54. The number of aryl methyl sites for hydroxylation is 2. The third kappa shape index (κ3) is 3.92. The standard InChI is InChI=1S/C16H17NO3S/c1-10-5-4-6-13(9-10)17-15(18)12(3)20-16(19)14-11(2)7-8-21-14/h4-9,12H,1-3H3,(H,17,18)/t12-/m0/s1. The maximum atomic E-state index is 12.0. The summed E-state index contributed by atoms with van der Waals surface area (Å²) in [5.41, 5.74) is 2.60. The monoisotopic (exact) mass is 303 g/mol. The number of ether oxygens (including phenoxy) is 1. The average molecular weight is 303 g/mol. The highest BCUT2D eigenvalue weighted by atomic mass is 32.1. The number of amides is 1. The molecule has 1 aromatic heterocycles. The van der Waals surface area contributed by atoms with Crippen LogP contribution in [0.5, 0.6) is 0 Å². The SMILES string of the molecule is Cc1cccc(NC(=O)[C@H](C)OC(=O)c2sccc2C)c1. The lowest BCUT2D eigenvalue weighted by Gasteiger charge is -2.13. The molecule has 0 aliphatic carbocycles. The number of rotatable bonds is 4. The van der Waals surface area contributed by atoms with Gasteiger partial charge < -0.3 is 10.1 Å². The Morgan fingerprint density at radius 3 is 2.62 bits per heavy atom. The first kappa shape index (κ1) is 15.3. The van der Waals surface area contributed by atoms with Crippen LogP contribution in [0.2, 0.25) is 0 Å². The van der Waals surface area contributed by atoms with Crippen molar-refractivity contribution in [1.82, 2.24) is 0 Å². The van der Waals surface area contributed by atoms with Gasteiger partial charge in [0.05, 0.1) is 0 Å². The molecular weight excluding hydrogens is 286 g/mol. The molecular formula is C16H17NO3S. The van der Waals surface area contributed by atoms with E-state index in [9.17, 15) is 9.59 Å². The highest BCUT2D eigenvalue weighted by Gasteiger charge is 2.20. The Bertz CT molecular complexity index is 663. The van der Waals surface area contributed by atoms with Crippen molar-refractivity contribution >= 4 is 28.9 Å². The zero-order valence-corrected chi connectivity index (χ0v) is 13.0. The van der Waals surface area contributed by atoms with Gasteiger partial charge in [0.15, 0.2) is 6.10 Å². The molecule has 1 atom stereocenters. The van der Waals surface area contributed by atoms with Gasteiger partial charge in [0, 0.05) is 5.69 Å². The maximum absolute atomic E-state index is 12.0. The van der Waals surface area contributed by atoms with E-state index in [2.05, 4.69) is 5.32 Å². The second-order valence-corrected chi connectivity index (χ2v) is 5.76. The van der Waals surface area contributed by atoms with Crippen LogP contribution in [0.1, 0.15) is 27.7 Å². The predicted octanol–water partition coefficient (Wildman–Crippen LogP) is 3.55. The van der Waals surface area contributed by atoms with Crippen LogP contribution in [0.3, 0.4) is 0 Å². The van der Waals surface area contributed by atoms with E-state index in [0.29, 0.717) is 10.6 Å². The van der Waals surface area contributed by atoms with Crippen molar-refractivity contribution in [2.45, 2.75) is 26.9 Å². The number of carbonyl (C=O) groups is 2. The molecule has 2 aromatic rings. The maximum Gasteiger partial charge on any atom is 0.349 e. The molecule has 0 bridgehead atoms. The van der Waals surface area contributed by atoms with Crippen LogP contribution in [-0.2, 0) is 9.53 Å². The number of carbonyl (C=O) groups excluding carboxylic acids is 2. The molecule has 1 N–H and O–H groups in total. The summed E-state index contributed by atoms with van der Waals surface area (Å²) in [5.74, 6) is -0.808. The van der Waals surface area contributed by atoms with Crippen molar-refractivity contribution in [3.05, 3.63) is 51.7 Å². The van der Waals surface area contributed by atoms with Gasteiger partial charge in [-0.15, -0.1) is 11.3 Å². The van der Waals surface area contributed by atoms with Crippen LogP contribution in [0.4, 0.5) is 5.69 Å². The second-order valence-electron chi connectivity index (χ2n) is 4.84. The van der Waals surface area contributed by atoms with Crippen molar-refractivity contribution in [3.63, 3.8) is 0 Å². The van der Waals surface area contributed by atoms with Gasteiger partial charge in [-0.2, -0.15) is 0 Å². The van der Waals surface area contributed by atoms with E-state index in [-0.39, 0.29) is 5.91 Å². The third-order valence-corrected chi connectivity index (χ3v) is 3.98. The number of hydrogen-bond acceptors (Lipinski definition) is 4. The number of benzene rings is 1. The molecule has 0 saturated heterocycles. The first-order valence-corrected chi connectivity index (χ1v) is 7.48. The molecule has 0 unspecified atom stereocenters. The summed E-state index contributed by atoms with van der Waals surface area (Å²) < 4.78 is 5.20. The normalized spacial score (nSPS) is 11.8. The Morgan fingerprint density at radius 2 is 2.00 bits per heavy atom. The predicted molar refractivity (Wildman–Crippen MR) is 83.7 cm³/mol. The molecule has 21 heavy (non-hydrogen) atoms. The van der Waals surface area contributed by atoms with Crippen molar-refractivity contribution in [2.24, 2.45) is 0 Å². The fraction of sp³-hybridized carbons (Fsp3) is 0.250. The number of esters is 1. The smallest absolute Gasteiger partial charge is 0.349 e. The van der Waals surface area contributed by atoms with Crippen LogP contribution in [0, 0.1) is 13.8 Å². The largest absolute Gasteiger partial charge is 0.448 e. The van der Waals surface area contributed by atoms with Gasteiger partial charge in [0.1, 0.15) is 4.88 Å². The number of anilines is 1. The van der Waals surface area contributed by atoms with Crippen molar-refractivity contribution < 1.29 is 14.3 Å². The van der Waals surface area contributed by atoms with Crippen LogP contribution < -0.4 is 5.32 Å². The minimum absolute atomic E-state index is 0.344. The molecule has 0 aliphatic heterocycles. The van der Waals surface area contributed by atoms with E-state index >= 15 is 0 Å². The molecule has 110 valence electrons. The van der Waals surface area contributed by atoms with Gasteiger partial charge >= 0.3 is 5.97 Å². The minimum Gasteiger partial charge on any atom is -0.448 e. The minimum atomic E-state index is -0.848. The molecule has 1 heterocycles. The Labute approximate surface area is 127 Å². The molecule has 0 radical (unpaired) electrons. The summed E-state index contributed by atoms with van der Waals surface area (Å²) in [6, 6.07) is 9.30. The van der Waals surface area contributed by atoms with E-state index in [0.717, 1.165) is 11.1 Å². The van der Waals surface area contributed by atoms with Crippen LogP contribution in [-0.4, -0.2) is 18.0 Å². The number of hydrogen-bond donors (Lipinski definition) is 1.